The molecule has 0 atom stereocenters. The van der Waals surface area contributed by atoms with Gasteiger partial charge >= 0.3 is 5.97 Å². The second-order valence-corrected chi connectivity index (χ2v) is 6.19. The normalized spacial score (nSPS) is 10.7. The highest BCUT2D eigenvalue weighted by molar-refractivity contribution is 5.89. The van der Waals surface area contributed by atoms with E-state index in [0.29, 0.717) is 22.8 Å². The number of hydrogen-bond acceptors (Lipinski definition) is 6. The highest BCUT2D eigenvalue weighted by Crippen LogP contribution is 2.34. The number of aromatic nitrogens is 3. The van der Waals surface area contributed by atoms with Crippen molar-refractivity contribution in [1.29, 1.82) is 0 Å². The monoisotopic (exact) mass is 390 g/mol. The molecule has 4 aromatic rings. The van der Waals surface area contributed by atoms with Crippen LogP contribution in [0.15, 0.2) is 61.1 Å². The van der Waals surface area contributed by atoms with Gasteiger partial charge in [-0.05, 0) is 24.3 Å². The number of aromatic carboxylic acids is 1. The molecule has 0 amide bonds. The Bertz CT molecular complexity index is 1190. The van der Waals surface area contributed by atoms with Gasteiger partial charge in [-0.15, -0.1) is 0 Å². The van der Waals surface area contributed by atoms with Gasteiger partial charge in [-0.2, -0.15) is 0 Å². The minimum absolute atomic E-state index is 0.216. The molecule has 0 saturated carbocycles. The summed E-state index contributed by atoms with van der Waals surface area (Å²) in [7, 11) is 3.16. The van der Waals surface area contributed by atoms with Crippen molar-refractivity contribution in [2.24, 2.45) is 0 Å². The minimum Gasteiger partial charge on any atom is -0.493 e. The molecule has 0 saturated heterocycles. The summed E-state index contributed by atoms with van der Waals surface area (Å²) in [4.78, 5) is 19.9. The standard InChI is InChI=1S/C21H18N4O4/c1-28-16-8-7-15(11-17(16)29-2)23-20-19(24-18-12-22-9-10-25(18)20)13-3-5-14(6-4-13)21(26)27/h3-12,23H,1-2H3,(H,26,27). The van der Waals surface area contributed by atoms with Gasteiger partial charge in [0.15, 0.2) is 17.1 Å². The molecule has 0 fully saturated rings. The average Bonchev–Trinajstić information content (AvgIpc) is 3.12. The maximum absolute atomic E-state index is 11.1. The molecule has 8 heteroatoms. The third kappa shape index (κ3) is 3.43. The number of hydrogen-bond donors (Lipinski definition) is 2. The van der Waals surface area contributed by atoms with Crippen LogP contribution < -0.4 is 14.8 Å². The molecule has 29 heavy (non-hydrogen) atoms. The number of carboxylic acids is 1. The summed E-state index contributed by atoms with van der Waals surface area (Å²) in [5.74, 6) is 0.974. The number of benzene rings is 2. The van der Waals surface area contributed by atoms with E-state index in [9.17, 15) is 4.79 Å². The predicted octanol–water partition coefficient (Wildman–Crippen LogP) is 3.86. The first-order valence-corrected chi connectivity index (χ1v) is 8.75. The molecule has 8 nitrogen and oxygen atoms in total. The van der Waals surface area contributed by atoms with E-state index in [1.807, 2.05) is 22.6 Å². The van der Waals surface area contributed by atoms with Crippen LogP contribution in [0.5, 0.6) is 11.5 Å². The van der Waals surface area contributed by atoms with E-state index in [-0.39, 0.29) is 5.56 Å². The van der Waals surface area contributed by atoms with Crippen LogP contribution in [0.1, 0.15) is 10.4 Å². The van der Waals surface area contributed by atoms with Gasteiger partial charge in [0.1, 0.15) is 11.5 Å². The van der Waals surface area contributed by atoms with Gasteiger partial charge in [0.2, 0.25) is 0 Å². The van der Waals surface area contributed by atoms with Gasteiger partial charge in [0.25, 0.3) is 0 Å². The molecular weight excluding hydrogens is 372 g/mol. The van der Waals surface area contributed by atoms with Crippen LogP contribution in [0.25, 0.3) is 16.9 Å². The number of imidazole rings is 1. The SMILES string of the molecule is COc1ccc(Nc2c(-c3ccc(C(=O)O)cc3)nc3cnccn23)cc1OC. The molecule has 0 unspecified atom stereocenters. The van der Waals surface area contributed by atoms with E-state index in [1.54, 1.807) is 57.1 Å². The van der Waals surface area contributed by atoms with Crippen LogP contribution in [-0.2, 0) is 0 Å². The van der Waals surface area contributed by atoms with Crippen molar-refractivity contribution in [3.63, 3.8) is 0 Å². The fourth-order valence-electron chi connectivity index (χ4n) is 3.05. The zero-order chi connectivity index (χ0) is 20.4. The third-order valence-electron chi connectivity index (χ3n) is 4.48. The summed E-state index contributed by atoms with van der Waals surface area (Å²) in [6.07, 6.45) is 5.14. The Morgan fingerprint density at radius 1 is 1.07 bits per heavy atom. The van der Waals surface area contributed by atoms with Gasteiger partial charge < -0.3 is 19.9 Å². The van der Waals surface area contributed by atoms with Crippen molar-refractivity contribution >= 4 is 23.1 Å². The lowest BCUT2D eigenvalue weighted by Crippen LogP contribution is -1.99. The molecule has 4 rings (SSSR count). The Kier molecular flexibility index (Phi) is 4.74. The smallest absolute Gasteiger partial charge is 0.335 e. The zero-order valence-corrected chi connectivity index (χ0v) is 15.8. The summed E-state index contributed by atoms with van der Waals surface area (Å²) in [5.41, 5.74) is 3.11. The number of rotatable bonds is 6. The number of carboxylic acid groups (broad SMARTS) is 1. The highest BCUT2D eigenvalue weighted by atomic mass is 16.5. The number of anilines is 2. The molecule has 2 aromatic heterocycles. The summed E-state index contributed by atoms with van der Waals surface area (Å²) in [5, 5.41) is 12.5. The van der Waals surface area contributed by atoms with Gasteiger partial charge in [-0.3, -0.25) is 9.38 Å². The number of carbonyl (C=O) groups is 1. The summed E-state index contributed by atoms with van der Waals surface area (Å²) in [6.45, 7) is 0. The molecule has 2 N–H and O–H groups in total. The topological polar surface area (TPSA) is 98.0 Å². The first-order chi connectivity index (χ1) is 14.1. The van der Waals surface area contributed by atoms with E-state index in [0.717, 1.165) is 17.1 Å². The Balaban J connectivity index is 1.81. The maximum atomic E-state index is 11.1. The van der Waals surface area contributed by atoms with E-state index in [2.05, 4.69) is 15.3 Å². The van der Waals surface area contributed by atoms with Crippen LogP contribution >= 0.6 is 0 Å². The van der Waals surface area contributed by atoms with Crippen LogP contribution in [0.2, 0.25) is 0 Å². The number of methoxy groups -OCH3 is 2. The van der Waals surface area contributed by atoms with Crippen LogP contribution in [-0.4, -0.2) is 39.7 Å². The van der Waals surface area contributed by atoms with E-state index >= 15 is 0 Å². The average molecular weight is 390 g/mol. The van der Waals surface area contributed by atoms with E-state index in [4.69, 9.17) is 14.6 Å². The molecule has 2 heterocycles. The highest BCUT2D eigenvalue weighted by Gasteiger charge is 2.16. The van der Waals surface area contributed by atoms with Gasteiger partial charge in [-0.1, -0.05) is 12.1 Å². The van der Waals surface area contributed by atoms with Crippen molar-refractivity contribution in [2.75, 3.05) is 19.5 Å². The van der Waals surface area contributed by atoms with Gasteiger partial charge in [-0.25, -0.2) is 9.78 Å². The Labute approximate surface area is 166 Å². The van der Waals surface area contributed by atoms with E-state index in [1.165, 1.54) is 0 Å². The Morgan fingerprint density at radius 2 is 1.83 bits per heavy atom. The van der Waals surface area contributed by atoms with Gasteiger partial charge in [0.05, 0.1) is 26.0 Å². The fourth-order valence-corrected chi connectivity index (χ4v) is 3.05. The molecular formula is C21H18N4O4. The first kappa shape index (κ1) is 18.3. The lowest BCUT2D eigenvalue weighted by molar-refractivity contribution is 0.0697. The van der Waals surface area contributed by atoms with Crippen molar-refractivity contribution in [2.45, 2.75) is 0 Å². The molecule has 146 valence electrons. The molecule has 0 spiro atoms. The molecule has 2 aromatic carbocycles. The maximum Gasteiger partial charge on any atom is 0.335 e. The predicted molar refractivity (Wildman–Crippen MR) is 108 cm³/mol. The Morgan fingerprint density at radius 3 is 2.52 bits per heavy atom. The lowest BCUT2D eigenvalue weighted by Gasteiger charge is -2.12. The number of nitrogens with one attached hydrogen (secondary N) is 1. The molecule has 0 aliphatic rings. The van der Waals surface area contributed by atoms with Crippen LogP contribution in [0.3, 0.4) is 0 Å². The molecule has 0 radical (unpaired) electrons. The second-order valence-electron chi connectivity index (χ2n) is 6.19. The second kappa shape index (κ2) is 7.51. The summed E-state index contributed by atoms with van der Waals surface area (Å²) in [6, 6.07) is 12.1. The van der Waals surface area contributed by atoms with E-state index < -0.39 is 5.97 Å². The quantitative estimate of drug-likeness (QED) is 0.516. The largest absolute Gasteiger partial charge is 0.493 e. The fraction of sp³-hybridized carbons (Fsp3) is 0.0952. The van der Waals surface area contributed by atoms with Crippen molar-refractivity contribution in [3.05, 3.63) is 66.6 Å². The van der Waals surface area contributed by atoms with Crippen molar-refractivity contribution < 1.29 is 19.4 Å². The number of ether oxygens (including phenoxy) is 2. The number of nitrogens with zero attached hydrogens (tertiary/aromatic N) is 3. The first-order valence-electron chi connectivity index (χ1n) is 8.75. The molecule has 0 bridgehead atoms. The molecule has 0 aliphatic carbocycles. The minimum atomic E-state index is -0.973. The van der Waals surface area contributed by atoms with Crippen LogP contribution in [0, 0.1) is 0 Å². The molecule has 0 aliphatic heterocycles. The summed E-state index contributed by atoms with van der Waals surface area (Å²) < 4.78 is 12.6. The van der Waals surface area contributed by atoms with Crippen LogP contribution in [0.4, 0.5) is 11.5 Å². The Hall–Kier alpha value is -4.07. The van der Waals surface area contributed by atoms with Crippen molar-refractivity contribution in [1.82, 2.24) is 14.4 Å². The third-order valence-corrected chi connectivity index (χ3v) is 4.48. The van der Waals surface area contributed by atoms with Gasteiger partial charge in [0, 0.05) is 29.7 Å². The lowest BCUT2D eigenvalue weighted by atomic mass is 10.1. The summed E-state index contributed by atoms with van der Waals surface area (Å²) >= 11 is 0. The van der Waals surface area contributed by atoms with Crippen molar-refractivity contribution in [3.8, 4) is 22.8 Å². The zero-order valence-electron chi connectivity index (χ0n) is 15.8. The number of fused-ring (bicyclic) bond motifs is 1.